The molecule has 2 N–H and O–H groups in total. The number of aromatic amines is 1. The van der Waals surface area contributed by atoms with Gasteiger partial charge >= 0.3 is 5.69 Å². The lowest BCUT2D eigenvalue weighted by Gasteiger charge is -2.37. The number of aryl methyl sites for hydroxylation is 1. The Balaban J connectivity index is 1.87. The highest BCUT2D eigenvalue weighted by atomic mass is 28.4. The van der Waals surface area contributed by atoms with Gasteiger partial charge in [0.2, 0.25) is 0 Å². The Labute approximate surface area is 195 Å². The third-order valence-electron chi connectivity index (χ3n) is 6.97. The van der Waals surface area contributed by atoms with Crippen LogP contribution in [0.1, 0.15) is 44.5 Å². The lowest BCUT2D eigenvalue weighted by atomic mass is 9.92. The summed E-state index contributed by atoms with van der Waals surface area (Å²) in [6.45, 7) is 13.1. The van der Waals surface area contributed by atoms with Crippen LogP contribution in [0.5, 0.6) is 11.5 Å². The number of nitrogens with zero attached hydrogens (tertiary/aromatic N) is 1. The molecule has 1 aromatic carbocycles. The van der Waals surface area contributed by atoms with E-state index in [-0.39, 0.29) is 28.4 Å². The van der Waals surface area contributed by atoms with Crippen molar-refractivity contribution in [3.8, 4) is 11.5 Å². The zero-order valence-corrected chi connectivity index (χ0v) is 21.6. The maximum Gasteiger partial charge on any atom is 0.330 e. The van der Waals surface area contributed by atoms with Gasteiger partial charge in [0.05, 0.1) is 19.8 Å². The molecule has 1 fully saturated rings. The molecule has 3 atom stereocenters. The molecule has 0 saturated carbocycles. The number of ether oxygens (including phenoxy) is 2. The van der Waals surface area contributed by atoms with Crippen molar-refractivity contribution in [2.45, 2.75) is 71.0 Å². The van der Waals surface area contributed by atoms with Gasteiger partial charge in [-0.2, -0.15) is 0 Å². The second-order valence-electron chi connectivity index (χ2n) is 10.4. The number of hydrogen-bond acceptors (Lipinski definition) is 6. The summed E-state index contributed by atoms with van der Waals surface area (Å²) < 4.78 is 19.5. The van der Waals surface area contributed by atoms with Crippen molar-refractivity contribution in [2.75, 3.05) is 13.7 Å². The number of phenols is 1. The van der Waals surface area contributed by atoms with Crippen molar-refractivity contribution < 1.29 is 19.0 Å². The molecule has 3 rings (SSSR count). The summed E-state index contributed by atoms with van der Waals surface area (Å²) in [5, 5.41) is 10.0. The standard InChI is InChI=1S/C24H36N2O6Si/c1-15-13-26(23(29)25-22(15)28)21-12-17(10-16-8-9-18(27)19(11-16)30-5)20(32-21)14-31-33(6,7)24(2,3)4/h8-9,11,13,17,20-21,27H,10,12,14H2,1-7H3,(H,25,28,29)/t17-,20+,21+/m0/s1. The van der Waals surface area contributed by atoms with Crippen LogP contribution in [0.15, 0.2) is 34.0 Å². The largest absolute Gasteiger partial charge is 0.504 e. The van der Waals surface area contributed by atoms with Crippen LogP contribution in [0.25, 0.3) is 0 Å². The minimum absolute atomic E-state index is 0.0673. The third kappa shape index (κ3) is 5.59. The van der Waals surface area contributed by atoms with Crippen molar-refractivity contribution in [3.05, 3.63) is 56.4 Å². The van der Waals surface area contributed by atoms with Crippen LogP contribution in [-0.4, -0.2) is 42.8 Å². The van der Waals surface area contributed by atoms with Crippen molar-refractivity contribution in [3.63, 3.8) is 0 Å². The number of methoxy groups -OCH3 is 1. The Bertz CT molecular complexity index is 1100. The monoisotopic (exact) mass is 476 g/mol. The van der Waals surface area contributed by atoms with Crippen molar-refractivity contribution in [2.24, 2.45) is 5.92 Å². The molecule has 8 nitrogen and oxygen atoms in total. The van der Waals surface area contributed by atoms with E-state index in [1.54, 1.807) is 19.2 Å². The van der Waals surface area contributed by atoms with E-state index in [0.717, 1.165) is 5.56 Å². The number of phenolic OH excluding ortho intramolecular Hbond substituents is 1. The molecule has 1 aromatic heterocycles. The molecular weight excluding hydrogens is 440 g/mol. The topological polar surface area (TPSA) is 103 Å². The van der Waals surface area contributed by atoms with Gasteiger partial charge < -0.3 is 19.0 Å². The van der Waals surface area contributed by atoms with Crippen molar-refractivity contribution in [1.29, 1.82) is 0 Å². The normalized spacial score (nSPS) is 21.4. The molecule has 1 aliphatic heterocycles. The molecule has 33 heavy (non-hydrogen) atoms. The van der Waals surface area contributed by atoms with Crippen LogP contribution in [-0.2, 0) is 15.6 Å². The van der Waals surface area contributed by atoms with Gasteiger partial charge in [-0.05, 0) is 61.5 Å². The van der Waals surface area contributed by atoms with E-state index in [9.17, 15) is 14.7 Å². The predicted octanol–water partition coefficient (Wildman–Crippen LogP) is 3.73. The predicted molar refractivity (Wildman–Crippen MR) is 130 cm³/mol. The fourth-order valence-electron chi connectivity index (χ4n) is 3.81. The number of aromatic hydroxyl groups is 1. The molecule has 0 bridgehead atoms. The SMILES string of the molecule is COc1cc(C[C@H]2C[C@H](n3cc(C)c(=O)[nH]c3=O)O[C@@H]2CO[Si](C)(C)C(C)(C)C)ccc1O. The molecule has 0 unspecified atom stereocenters. The number of aromatic nitrogens is 2. The zero-order chi connectivity index (χ0) is 24.6. The van der Waals surface area contributed by atoms with Crippen molar-refractivity contribution in [1.82, 2.24) is 9.55 Å². The highest BCUT2D eigenvalue weighted by Gasteiger charge is 2.41. The van der Waals surface area contributed by atoms with E-state index in [0.29, 0.717) is 30.8 Å². The van der Waals surface area contributed by atoms with Crippen LogP contribution >= 0.6 is 0 Å². The summed E-state index contributed by atoms with van der Waals surface area (Å²) in [6, 6.07) is 5.32. The van der Waals surface area contributed by atoms with E-state index in [1.807, 2.05) is 12.1 Å². The molecule has 9 heteroatoms. The average molecular weight is 477 g/mol. The summed E-state index contributed by atoms with van der Waals surface area (Å²) in [5.74, 6) is 0.590. The van der Waals surface area contributed by atoms with Gasteiger partial charge in [0.25, 0.3) is 5.56 Å². The molecule has 2 heterocycles. The fraction of sp³-hybridized carbons (Fsp3) is 0.583. The van der Waals surface area contributed by atoms with Gasteiger partial charge in [-0.25, -0.2) is 4.79 Å². The van der Waals surface area contributed by atoms with Gasteiger partial charge in [-0.1, -0.05) is 26.8 Å². The number of hydrogen-bond donors (Lipinski definition) is 2. The zero-order valence-electron chi connectivity index (χ0n) is 20.6. The molecular formula is C24H36N2O6Si. The highest BCUT2D eigenvalue weighted by molar-refractivity contribution is 6.74. The summed E-state index contributed by atoms with van der Waals surface area (Å²) in [6.07, 6.45) is 2.12. The first-order valence-electron chi connectivity index (χ1n) is 11.3. The van der Waals surface area contributed by atoms with Crippen LogP contribution in [0.3, 0.4) is 0 Å². The number of rotatable bonds is 7. The number of benzene rings is 1. The Hall–Kier alpha value is -2.36. The van der Waals surface area contributed by atoms with E-state index >= 15 is 0 Å². The first kappa shape index (κ1) is 25.3. The minimum Gasteiger partial charge on any atom is -0.504 e. The molecule has 0 amide bonds. The quantitative estimate of drug-likeness (QED) is 0.591. The van der Waals surface area contributed by atoms with Gasteiger partial charge in [0.15, 0.2) is 19.8 Å². The fourth-order valence-corrected chi connectivity index (χ4v) is 4.82. The van der Waals surface area contributed by atoms with Crippen LogP contribution in [0.2, 0.25) is 18.1 Å². The molecule has 0 radical (unpaired) electrons. The van der Waals surface area contributed by atoms with Crippen LogP contribution < -0.4 is 16.0 Å². The Kier molecular flexibility index (Phi) is 7.26. The van der Waals surface area contributed by atoms with Crippen LogP contribution in [0, 0.1) is 12.8 Å². The van der Waals surface area contributed by atoms with Crippen LogP contribution in [0.4, 0.5) is 0 Å². The van der Waals surface area contributed by atoms with Gasteiger partial charge in [-0.15, -0.1) is 0 Å². The number of H-pyrrole nitrogens is 1. The Morgan fingerprint density at radius 3 is 2.61 bits per heavy atom. The lowest BCUT2D eigenvalue weighted by Crippen LogP contribution is -2.43. The molecule has 182 valence electrons. The molecule has 0 aliphatic carbocycles. The van der Waals surface area contributed by atoms with E-state index in [1.165, 1.54) is 11.7 Å². The van der Waals surface area contributed by atoms with E-state index in [2.05, 4.69) is 38.8 Å². The highest BCUT2D eigenvalue weighted by Crippen LogP contribution is 2.40. The molecule has 1 aliphatic rings. The van der Waals surface area contributed by atoms with Gasteiger partial charge in [0, 0.05) is 11.8 Å². The molecule has 0 spiro atoms. The summed E-state index contributed by atoms with van der Waals surface area (Å²) in [4.78, 5) is 26.7. The molecule has 1 saturated heterocycles. The molecule has 2 aromatic rings. The van der Waals surface area contributed by atoms with Gasteiger partial charge in [0.1, 0.15) is 6.23 Å². The first-order valence-corrected chi connectivity index (χ1v) is 14.2. The smallest absolute Gasteiger partial charge is 0.330 e. The Morgan fingerprint density at radius 2 is 1.97 bits per heavy atom. The summed E-state index contributed by atoms with van der Waals surface area (Å²) in [5.41, 5.74) is 0.589. The average Bonchev–Trinajstić information content (AvgIpc) is 3.12. The maximum absolute atomic E-state index is 12.5. The second kappa shape index (κ2) is 9.48. The van der Waals surface area contributed by atoms with Crippen molar-refractivity contribution >= 4 is 8.32 Å². The van der Waals surface area contributed by atoms with E-state index in [4.69, 9.17) is 13.9 Å². The van der Waals surface area contributed by atoms with Gasteiger partial charge in [-0.3, -0.25) is 14.3 Å². The second-order valence-corrected chi connectivity index (χ2v) is 15.2. The third-order valence-corrected chi connectivity index (χ3v) is 11.5. The summed E-state index contributed by atoms with van der Waals surface area (Å²) >= 11 is 0. The first-order chi connectivity index (χ1) is 15.3. The minimum atomic E-state index is -1.99. The maximum atomic E-state index is 12.5. The number of nitrogens with one attached hydrogen (secondary N) is 1. The lowest BCUT2D eigenvalue weighted by molar-refractivity contribution is -0.0300. The van der Waals surface area contributed by atoms with E-state index < -0.39 is 20.2 Å². The Morgan fingerprint density at radius 1 is 1.27 bits per heavy atom. The summed E-state index contributed by atoms with van der Waals surface area (Å²) in [7, 11) is -0.472.